The first-order valence-electron chi connectivity index (χ1n) is 10.5. The van der Waals surface area contributed by atoms with Crippen LogP contribution < -0.4 is 9.62 Å². The molecule has 9 nitrogen and oxygen atoms in total. The molecule has 33 heavy (non-hydrogen) atoms. The molecule has 10 heteroatoms. The molecule has 2 aromatic rings. The van der Waals surface area contributed by atoms with Gasteiger partial charge in [-0.3, -0.25) is 14.0 Å². The van der Waals surface area contributed by atoms with Gasteiger partial charge in [0.2, 0.25) is 0 Å². The van der Waals surface area contributed by atoms with Crippen LogP contribution in [0, 0.1) is 0 Å². The molecule has 1 unspecified atom stereocenters. The molecule has 172 valence electrons. The monoisotopic (exact) mass is 469 g/mol. The molecule has 0 bridgehead atoms. The summed E-state index contributed by atoms with van der Waals surface area (Å²) < 4.78 is 32.6. The van der Waals surface area contributed by atoms with E-state index >= 15 is 0 Å². The molecule has 3 amide bonds. The predicted octanol–water partition coefficient (Wildman–Crippen LogP) is 1.93. The number of rotatable bonds is 6. The van der Waals surface area contributed by atoms with Gasteiger partial charge in [-0.2, -0.15) is 0 Å². The van der Waals surface area contributed by atoms with Crippen molar-refractivity contribution in [3.05, 3.63) is 65.7 Å². The van der Waals surface area contributed by atoms with Crippen molar-refractivity contribution in [1.82, 2.24) is 10.2 Å². The Balaban J connectivity index is 1.39. The van der Waals surface area contributed by atoms with Crippen molar-refractivity contribution in [1.29, 1.82) is 0 Å². The van der Waals surface area contributed by atoms with Crippen molar-refractivity contribution < 1.29 is 27.5 Å². The molecule has 2 aromatic carbocycles. The predicted molar refractivity (Wildman–Crippen MR) is 121 cm³/mol. The third kappa shape index (κ3) is 4.61. The van der Waals surface area contributed by atoms with Gasteiger partial charge >= 0.3 is 12.0 Å². The number of ether oxygens (including phenoxy) is 1. The smallest absolute Gasteiger partial charge is 0.331 e. The van der Waals surface area contributed by atoms with Crippen LogP contribution in [-0.4, -0.2) is 57.0 Å². The van der Waals surface area contributed by atoms with Crippen LogP contribution in [0.2, 0.25) is 0 Å². The van der Waals surface area contributed by atoms with E-state index in [4.69, 9.17) is 4.74 Å². The van der Waals surface area contributed by atoms with Gasteiger partial charge in [-0.15, -0.1) is 0 Å². The summed E-state index contributed by atoms with van der Waals surface area (Å²) in [5.41, 5.74) is 2.28. The van der Waals surface area contributed by atoms with Gasteiger partial charge in [0.05, 0.1) is 10.6 Å². The van der Waals surface area contributed by atoms with Crippen molar-refractivity contribution >= 4 is 39.7 Å². The highest BCUT2D eigenvalue weighted by Gasteiger charge is 2.32. The largest absolute Gasteiger partial charge is 0.449 e. The SMILES string of the molecule is CC(OC(=O)/C=C/c1ccc(S(=O)(=O)N2CCc3ccccc32)cc1)C(=O)N1CCNC1=O. The van der Waals surface area contributed by atoms with Gasteiger partial charge in [0.25, 0.3) is 15.9 Å². The Labute approximate surface area is 191 Å². The first-order valence-corrected chi connectivity index (χ1v) is 11.9. The van der Waals surface area contributed by atoms with Crippen LogP contribution in [0.25, 0.3) is 6.08 Å². The molecule has 0 saturated carbocycles. The first-order chi connectivity index (χ1) is 15.8. The lowest BCUT2D eigenvalue weighted by Gasteiger charge is -2.19. The Bertz CT molecular complexity index is 1220. The highest BCUT2D eigenvalue weighted by atomic mass is 32.2. The van der Waals surface area contributed by atoms with Crippen LogP contribution in [0.15, 0.2) is 59.5 Å². The maximum atomic E-state index is 13.1. The Morgan fingerprint density at radius 2 is 1.82 bits per heavy atom. The summed E-state index contributed by atoms with van der Waals surface area (Å²) in [6, 6.07) is 13.1. The third-order valence-corrected chi connectivity index (χ3v) is 7.32. The van der Waals surface area contributed by atoms with Gasteiger partial charge < -0.3 is 10.1 Å². The van der Waals surface area contributed by atoms with Crippen LogP contribution in [-0.2, 0) is 30.8 Å². The molecule has 2 aliphatic rings. The molecule has 0 aliphatic carbocycles. The highest BCUT2D eigenvalue weighted by Crippen LogP contribution is 2.32. The second-order valence-electron chi connectivity index (χ2n) is 7.66. The molecule has 0 spiro atoms. The number of esters is 1. The summed E-state index contributed by atoms with van der Waals surface area (Å²) in [4.78, 5) is 37.0. The van der Waals surface area contributed by atoms with Gasteiger partial charge in [0, 0.05) is 25.7 Å². The Kier molecular flexibility index (Phi) is 6.19. The van der Waals surface area contributed by atoms with Crippen molar-refractivity contribution in [2.24, 2.45) is 0 Å². The van der Waals surface area contributed by atoms with Gasteiger partial charge in [-0.1, -0.05) is 30.3 Å². The number of fused-ring (bicyclic) bond motifs is 1. The van der Waals surface area contributed by atoms with Crippen LogP contribution in [0.5, 0.6) is 0 Å². The van der Waals surface area contributed by atoms with Crippen LogP contribution in [0.3, 0.4) is 0 Å². The second-order valence-corrected chi connectivity index (χ2v) is 9.52. The minimum Gasteiger partial charge on any atom is -0.449 e. The summed E-state index contributed by atoms with van der Waals surface area (Å²) in [7, 11) is -3.70. The van der Waals surface area contributed by atoms with Crippen molar-refractivity contribution in [2.45, 2.75) is 24.3 Å². The minimum absolute atomic E-state index is 0.155. The van der Waals surface area contributed by atoms with E-state index in [1.54, 1.807) is 18.2 Å². The fourth-order valence-electron chi connectivity index (χ4n) is 3.77. The lowest BCUT2D eigenvalue weighted by molar-refractivity contribution is -0.153. The van der Waals surface area contributed by atoms with E-state index in [1.807, 2.05) is 18.2 Å². The molecule has 4 rings (SSSR count). The number of para-hydroxylation sites is 1. The van der Waals surface area contributed by atoms with Crippen LogP contribution in [0.1, 0.15) is 18.1 Å². The molecule has 1 atom stereocenters. The molecular weight excluding hydrogens is 446 g/mol. The Hall–Kier alpha value is -3.66. The van der Waals surface area contributed by atoms with E-state index in [0.29, 0.717) is 30.8 Å². The second kappa shape index (κ2) is 9.07. The van der Waals surface area contributed by atoms with Gasteiger partial charge in [0.15, 0.2) is 6.10 Å². The van der Waals surface area contributed by atoms with E-state index in [0.717, 1.165) is 16.5 Å². The third-order valence-electron chi connectivity index (χ3n) is 5.49. The Morgan fingerprint density at radius 1 is 1.09 bits per heavy atom. The van der Waals surface area contributed by atoms with E-state index in [2.05, 4.69) is 5.32 Å². The van der Waals surface area contributed by atoms with E-state index in [1.165, 1.54) is 29.4 Å². The number of nitrogens with zero attached hydrogens (tertiary/aromatic N) is 2. The van der Waals surface area contributed by atoms with Gasteiger partial charge in [0.1, 0.15) is 0 Å². The average molecular weight is 470 g/mol. The van der Waals surface area contributed by atoms with Gasteiger partial charge in [-0.05, 0) is 48.7 Å². The van der Waals surface area contributed by atoms with Gasteiger partial charge in [-0.25, -0.2) is 18.0 Å². The molecule has 0 aromatic heterocycles. The zero-order valence-electron chi connectivity index (χ0n) is 17.9. The molecule has 2 aliphatic heterocycles. The van der Waals surface area contributed by atoms with E-state index < -0.39 is 34.0 Å². The zero-order valence-corrected chi connectivity index (χ0v) is 18.7. The van der Waals surface area contributed by atoms with Crippen molar-refractivity contribution in [3.63, 3.8) is 0 Å². The number of urea groups is 1. The fourth-order valence-corrected chi connectivity index (χ4v) is 5.27. The number of imide groups is 1. The number of benzene rings is 2. The fraction of sp³-hybridized carbons (Fsp3) is 0.261. The number of sulfonamides is 1. The highest BCUT2D eigenvalue weighted by molar-refractivity contribution is 7.92. The molecule has 0 radical (unpaired) electrons. The summed E-state index contributed by atoms with van der Waals surface area (Å²) >= 11 is 0. The maximum absolute atomic E-state index is 13.1. The standard InChI is InChI=1S/C23H23N3O6S/c1-16(22(28)25-15-13-24-23(25)29)32-21(27)11-8-17-6-9-19(10-7-17)33(30,31)26-14-12-18-4-2-3-5-20(18)26/h2-11,16H,12-15H2,1H3,(H,24,29)/b11-8+. The molecule has 1 fully saturated rings. The van der Waals surface area contributed by atoms with Crippen LogP contribution >= 0.6 is 0 Å². The summed E-state index contributed by atoms with van der Waals surface area (Å²) in [5, 5.41) is 2.51. The Morgan fingerprint density at radius 3 is 2.52 bits per heavy atom. The number of hydrogen-bond donors (Lipinski definition) is 1. The maximum Gasteiger partial charge on any atom is 0.331 e. The van der Waals surface area contributed by atoms with E-state index in [9.17, 15) is 22.8 Å². The lowest BCUT2D eigenvalue weighted by Crippen LogP contribution is -2.41. The van der Waals surface area contributed by atoms with E-state index in [-0.39, 0.29) is 11.4 Å². The quantitative estimate of drug-likeness (QED) is 0.511. The topological polar surface area (TPSA) is 113 Å². The number of hydrogen-bond acceptors (Lipinski definition) is 6. The van der Waals surface area contributed by atoms with Crippen molar-refractivity contribution in [3.8, 4) is 0 Å². The minimum atomic E-state index is -3.70. The molecule has 1 N–H and O–H groups in total. The number of carbonyl (C=O) groups excluding carboxylic acids is 3. The molecule has 1 saturated heterocycles. The number of carbonyl (C=O) groups is 3. The first kappa shape index (κ1) is 22.5. The normalized spacial score (nSPS) is 16.6. The summed E-state index contributed by atoms with van der Waals surface area (Å²) in [5.74, 6) is -1.34. The average Bonchev–Trinajstić information content (AvgIpc) is 3.44. The zero-order chi connectivity index (χ0) is 23.6. The summed E-state index contributed by atoms with van der Waals surface area (Å²) in [6.45, 7) is 2.38. The number of amides is 3. The molecule has 2 heterocycles. The molecular formula is C23H23N3O6S. The van der Waals surface area contributed by atoms with Crippen molar-refractivity contribution in [2.75, 3.05) is 23.9 Å². The lowest BCUT2D eigenvalue weighted by atomic mass is 10.2. The number of anilines is 1. The van der Waals surface area contributed by atoms with Crippen LogP contribution in [0.4, 0.5) is 10.5 Å². The summed E-state index contributed by atoms with van der Waals surface area (Å²) in [6.07, 6.45) is 2.17. The number of nitrogens with one attached hydrogen (secondary N) is 1.